The van der Waals surface area contributed by atoms with Crippen molar-refractivity contribution < 1.29 is 28.9 Å². The lowest BCUT2D eigenvalue weighted by molar-refractivity contribution is -0.689. The van der Waals surface area contributed by atoms with Crippen molar-refractivity contribution in [3.8, 4) is 0 Å². The highest BCUT2D eigenvalue weighted by atomic mass is 32.2. The maximum absolute atomic E-state index is 12.8. The van der Waals surface area contributed by atoms with Gasteiger partial charge in [-0.15, -0.1) is 11.8 Å². The monoisotopic (exact) mass is 475 g/mol. The first-order valence-electron chi connectivity index (χ1n) is 9.24. The molecule has 32 heavy (non-hydrogen) atoms. The lowest BCUT2D eigenvalue weighted by atomic mass is 10.0. The molecule has 1 fully saturated rings. The summed E-state index contributed by atoms with van der Waals surface area (Å²) < 4.78 is 5.74. The Labute approximate surface area is 189 Å². The van der Waals surface area contributed by atoms with Crippen molar-refractivity contribution in [1.29, 1.82) is 0 Å². The Morgan fingerprint density at radius 2 is 2.16 bits per heavy atom. The summed E-state index contributed by atoms with van der Waals surface area (Å²) in [5, 5.41) is 17.6. The number of rotatable bonds is 7. The zero-order valence-corrected chi connectivity index (χ0v) is 18.3. The van der Waals surface area contributed by atoms with E-state index in [4.69, 9.17) is 5.73 Å². The molecule has 2 aliphatic rings. The van der Waals surface area contributed by atoms with Crippen LogP contribution >= 0.6 is 23.3 Å². The van der Waals surface area contributed by atoms with Crippen LogP contribution in [0.4, 0.5) is 5.13 Å². The molecule has 0 saturated carbocycles. The lowest BCUT2D eigenvalue weighted by Crippen LogP contribution is -2.71. The number of aliphatic carboxylic acids is 1. The maximum Gasteiger partial charge on any atom is 0.278 e. The first-order chi connectivity index (χ1) is 15.4. The molecule has 14 heteroatoms. The second-order valence-electron chi connectivity index (χ2n) is 6.73. The number of thioether (sulfide) groups is 1. The Morgan fingerprint density at radius 3 is 2.78 bits per heavy atom. The third kappa shape index (κ3) is 4.01. The summed E-state index contributed by atoms with van der Waals surface area (Å²) in [4.78, 5) is 47.2. The van der Waals surface area contributed by atoms with E-state index in [9.17, 15) is 19.5 Å². The number of carboxylic acids is 1. The van der Waals surface area contributed by atoms with Gasteiger partial charge in [-0.25, -0.2) is 4.57 Å². The molecule has 2 aliphatic heterocycles. The predicted molar refractivity (Wildman–Crippen MR) is 112 cm³/mol. The fourth-order valence-electron chi connectivity index (χ4n) is 3.37. The summed E-state index contributed by atoms with van der Waals surface area (Å²) in [7, 11) is 1.25. The van der Waals surface area contributed by atoms with Crippen LogP contribution in [-0.2, 0) is 25.8 Å². The Balaban J connectivity index is 1.53. The SMILES string of the molecule is CO/N=C(/C(=O)NC1C(=O)N2C(C(=O)[O-])=C(C[n+]3ccccc3)CS[C@H]12)c1nsc(N)n1. The zero-order chi connectivity index (χ0) is 22.8. The number of aromatic nitrogens is 3. The van der Waals surface area contributed by atoms with Crippen LogP contribution in [-0.4, -0.2) is 62.0 Å². The minimum absolute atomic E-state index is 0.0377. The first-order valence-corrected chi connectivity index (χ1v) is 11.1. The van der Waals surface area contributed by atoms with E-state index in [-0.39, 0.29) is 22.4 Å². The topological polar surface area (TPSA) is 167 Å². The number of amides is 2. The van der Waals surface area contributed by atoms with E-state index >= 15 is 0 Å². The molecule has 3 N–H and O–H groups in total. The van der Waals surface area contributed by atoms with Crippen molar-refractivity contribution in [2.24, 2.45) is 5.16 Å². The Bertz CT molecular complexity index is 1130. The number of nitrogens with two attached hydrogens (primary N) is 1. The van der Waals surface area contributed by atoms with E-state index < -0.39 is 29.2 Å². The van der Waals surface area contributed by atoms with Crippen molar-refractivity contribution in [2.45, 2.75) is 18.0 Å². The van der Waals surface area contributed by atoms with Crippen LogP contribution in [0.1, 0.15) is 5.82 Å². The summed E-state index contributed by atoms with van der Waals surface area (Å²) in [5.74, 6) is -2.43. The second kappa shape index (κ2) is 8.92. The predicted octanol–water partition coefficient (Wildman–Crippen LogP) is -2.14. The molecule has 0 aliphatic carbocycles. The molecule has 12 nitrogen and oxygen atoms in total. The number of hydrogen-bond donors (Lipinski definition) is 2. The van der Waals surface area contributed by atoms with E-state index in [1.807, 2.05) is 22.8 Å². The largest absolute Gasteiger partial charge is 0.543 e. The Hall–Kier alpha value is -3.52. The molecule has 4 heterocycles. The number of nitrogens with zero attached hydrogens (tertiary/aromatic N) is 5. The molecule has 2 aromatic rings. The highest BCUT2D eigenvalue weighted by Crippen LogP contribution is 2.40. The number of carbonyl (C=O) groups excluding carboxylic acids is 3. The van der Waals surface area contributed by atoms with Gasteiger partial charge in [0.25, 0.3) is 11.8 Å². The van der Waals surface area contributed by atoms with E-state index in [1.54, 1.807) is 12.4 Å². The smallest absolute Gasteiger partial charge is 0.278 e. The van der Waals surface area contributed by atoms with Gasteiger partial charge in [0.15, 0.2) is 24.1 Å². The van der Waals surface area contributed by atoms with Crippen LogP contribution in [0, 0.1) is 0 Å². The van der Waals surface area contributed by atoms with Crippen molar-refractivity contribution in [1.82, 2.24) is 19.6 Å². The number of nitrogen functional groups attached to an aromatic ring is 1. The first kappa shape index (κ1) is 21.7. The fourth-order valence-corrected chi connectivity index (χ4v) is 5.14. The van der Waals surface area contributed by atoms with Gasteiger partial charge in [0.1, 0.15) is 18.5 Å². The third-order valence-corrected chi connectivity index (χ3v) is 6.61. The maximum atomic E-state index is 12.8. The summed E-state index contributed by atoms with van der Waals surface area (Å²) in [6.45, 7) is 0.298. The van der Waals surface area contributed by atoms with Crippen LogP contribution in [0.25, 0.3) is 0 Å². The van der Waals surface area contributed by atoms with E-state index in [0.29, 0.717) is 17.9 Å². The molecule has 0 spiro atoms. The van der Waals surface area contributed by atoms with Gasteiger partial charge in [-0.3, -0.25) is 14.5 Å². The number of nitrogens with one attached hydrogen (secondary N) is 1. The highest BCUT2D eigenvalue weighted by Gasteiger charge is 2.53. The molecule has 2 amide bonds. The van der Waals surface area contributed by atoms with Crippen LogP contribution in [0.5, 0.6) is 0 Å². The van der Waals surface area contributed by atoms with Crippen molar-refractivity contribution >= 4 is 51.9 Å². The van der Waals surface area contributed by atoms with Crippen LogP contribution in [0.2, 0.25) is 0 Å². The Morgan fingerprint density at radius 1 is 1.41 bits per heavy atom. The van der Waals surface area contributed by atoms with Gasteiger partial charge in [0, 0.05) is 35.0 Å². The van der Waals surface area contributed by atoms with Gasteiger partial charge >= 0.3 is 0 Å². The fraction of sp³-hybridized carbons (Fsp3) is 0.278. The number of hydrogen-bond acceptors (Lipinski definition) is 11. The van der Waals surface area contributed by atoms with Gasteiger partial charge in [-0.1, -0.05) is 11.2 Å². The number of β-lactam (4-membered cyclic amide) rings is 1. The molecule has 0 aromatic carbocycles. The van der Waals surface area contributed by atoms with Crippen LogP contribution < -0.4 is 20.7 Å². The van der Waals surface area contributed by atoms with Crippen LogP contribution in [0.3, 0.4) is 0 Å². The highest BCUT2D eigenvalue weighted by molar-refractivity contribution is 8.00. The van der Waals surface area contributed by atoms with Gasteiger partial charge in [0.2, 0.25) is 11.5 Å². The quantitative estimate of drug-likeness (QED) is 0.197. The molecule has 1 unspecified atom stereocenters. The molecule has 166 valence electrons. The minimum atomic E-state index is -1.44. The van der Waals surface area contributed by atoms with Crippen molar-refractivity contribution in [3.05, 3.63) is 47.7 Å². The average Bonchev–Trinajstić information content (AvgIpc) is 3.21. The zero-order valence-electron chi connectivity index (χ0n) is 16.6. The molecule has 2 aromatic heterocycles. The number of pyridine rings is 1. The minimum Gasteiger partial charge on any atom is -0.543 e. The molecular weight excluding hydrogens is 458 g/mol. The molecular formula is C18H17N7O5S2. The van der Waals surface area contributed by atoms with Crippen molar-refractivity contribution in [2.75, 3.05) is 18.6 Å². The number of oxime groups is 1. The van der Waals surface area contributed by atoms with Crippen molar-refractivity contribution in [3.63, 3.8) is 0 Å². The number of carbonyl (C=O) groups is 3. The molecule has 0 radical (unpaired) electrons. The number of fused-ring (bicyclic) bond motifs is 1. The van der Waals surface area contributed by atoms with Gasteiger partial charge in [-0.2, -0.15) is 9.36 Å². The second-order valence-corrected chi connectivity index (χ2v) is 8.62. The Kier molecular flexibility index (Phi) is 6.05. The summed E-state index contributed by atoms with van der Waals surface area (Å²) in [6, 6.07) is 4.54. The molecule has 2 atom stereocenters. The standard InChI is InChI=1S/C18H17N7O5S2/c1-30-22-10(13-21-18(19)32-23-13)14(26)20-11-15(27)25-12(17(28)29)9(8-31-16(11)25)7-24-5-3-2-4-6-24/h2-6,11,16H,7-8H2,1H3,(H3-,19,20,21,23,26,28,29)/b22-10+/t11?,16-/m1/s1. The number of anilines is 1. The average molecular weight is 476 g/mol. The van der Waals surface area contributed by atoms with Gasteiger partial charge < -0.3 is 25.8 Å². The summed E-state index contributed by atoms with van der Waals surface area (Å²) in [6.07, 6.45) is 3.60. The van der Waals surface area contributed by atoms with Gasteiger partial charge in [0.05, 0.1) is 11.7 Å². The molecule has 0 bridgehead atoms. The van der Waals surface area contributed by atoms with E-state index in [0.717, 1.165) is 16.4 Å². The normalized spacial score (nSPS) is 20.5. The lowest BCUT2D eigenvalue weighted by Gasteiger charge is -2.50. The summed E-state index contributed by atoms with van der Waals surface area (Å²) >= 11 is 2.23. The summed E-state index contributed by atoms with van der Waals surface area (Å²) in [5.41, 5.74) is 5.69. The molecule has 4 rings (SSSR count). The van der Waals surface area contributed by atoms with E-state index in [1.165, 1.54) is 18.9 Å². The number of carboxylic acid groups (broad SMARTS) is 1. The third-order valence-electron chi connectivity index (χ3n) is 4.73. The van der Waals surface area contributed by atoms with Gasteiger partial charge in [-0.05, 0) is 0 Å². The van der Waals surface area contributed by atoms with E-state index in [2.05, 4.69) is 24.7 Å². The molecule has 1 saturated heterocycles. The van der Waals surface area contributed by atoms with Crippen LogP contribution in [0.15, 0.2) is 47.0 Å².